The molecule has 0 aliphatic heterocycles. The van der Waals surface area contributed by atoms with E-state index < -0.39 is 17.6 Å². The van der Waals surface area contributed by atoms with Crippen LogP contribution in [0.25, 0.3) is 11.1 Å². The van der Waals surface area contributed by atoms with Crippen molar-refractivity contribution in [3.8, 4) is 11.1 Å². The van der Waals surface area contributed by atoms with E-state index in [4.69, 9.17) is 0 Å². The molecule has 20 heavy (non-hydrogen) atoms. The summed E-state index contributed by atoms with van der Waals surface area (Å²) in [6.45, 7) is 3.95. The van der Waals surface area contributed by atoms with E-state index in [0.29, 0.717) is 5.56 Å². The highest BCUT2D eigenvalue weighted by atomic mass is 19.4. The topological polar surface area (TPSA) is 0 Å². The Morgan fingerprint density at radius 1 is 0.950 bits per heavy atom. The van der Waals surface area contributed by atoms with Crippen LogP contribution in [0.5, 0.6) is 0 Å². The molecule has 2 rings (SSSR count). The Hall–Kier alpha value is -1.84. The molecule has 0 saturated heterocycles. The smallest absolute Gasteiger partial charge is 0.206 e. The Morgan fingerprint density at radius 2 is 1.60 bits per heavy atom. The van der Waals surface area contributed by atoms with Crippen molar-refractivity contribution in [1.82, 2.24) is 0 Å². The maximum absolute atomic E-state index is 14.1. The molecule has 0 aliphatic carbocycles. The number of benzene rings is 2. The van der Waals surface area contributed by atoms with Gasteiger partial charge in [-0.15, -0.1) is 0 Å². The summed E-state index contributed by atoms with van der Waals surface area (Å²) >= 11 is 0. The van der Waals surface area contributed by atoms with Gasteiger partial charge in [0.1, 0.15) is 5.82 Å². The molecule has 0 N–H and O–H groups in total. The van der Waals surface area contributed by atoms with Gasteiger partial charge >= 0.3 is 6.18 Å². The van der Waals surface area contributed by atoms with Crippen molar-refractivity contribution < 1.29 is 17.6 Å². The van der Waals surface area contributed by atoms with Crippen LogP contribution in [0.4, 0.5) is 17.6 Å². The first-order chi connectivity index (χ1) is 9.30. The van der Waals surface area contributed by atoms with Gasteiger partial charge in [-0.3, -0.25) is 0 Å². The van der Waals surface area contributed by atoms with Crippen LogP contribution in [-0.4, -0.2) is 0 Å². The minimum absolute atomic E-state index is 0.0256. The predicted molar refractivity (Wildman–Crippen MR) is 70.9 cm³/mol. The van der Waals surface area contributed by atoms with Crippen molar-refractivity contribution in [2.24, 2.45) is 0 Å². The molecule has 0 saturated carbocycles. The fraction of sp³-hybridized carbons (Fsp3) is 0.250. The van der Waals surface area contributed by atoms with E-state index in [2.05, 4.69) is 0 Å². The van der Waals surface area contributed by atoms with E-state index >= 15 is 0 Å². The van der Waals surface area contributed by atoms with Gasteiger partial charge in [0.25, 0.3) is 0 Å². The highest BCUT2D eigenvalue weighted by Gasteiger charge is 2.34. The summed E-state index contributed by atoms with van der Waals surface area (Å²) in [5.41, 5.74) is 0.159. The molecule has 106 valence electrons. The largest absolute Gasteiger partial charge is 0.419 e. The number of rotatable bonds is 2. The Morgan fingerprint density at radius 3 is 2.20 bits per heavy atom. The molecular formula is C16H14F4. The Balaban J connectivity index is 2.56. The molecule has 0 aromatic heterocycles. The van der Waals surface area contributed by atoms with Gasteiger partial charge in [0.2, 0.25) is 0 Å². The highest BCUT2D eigenvalue weighted by molar-refractivity contribution is 5.66. The number of alkyl halides is 3. The molecule has 0 bridgehead atoms. The summed E-state index contributed by atoms with van der Waals surface area (Å²) in [7, 11) is 0. The van der Waals surface area contributed by atoms with Crippen molar-refractivity contribution in [1.29, 1.82) is 0 Å². The first-order valence-corrected chi connectivity index (χ1v) is 6.26. The minimum Gasteiger partial charge on any atom is -0.206 e. The molecule has 0 atom stereocenters. The van der Waals surface area contributed by atoms with Crippen LogP contribution in [0, 0.1) is 5.82 Å². The number of hydrogen-bond donors (Lipinski definition) is 0. The molecule has 0 amide bonds. The average molecular weight is 282 g/mol. The van der Waals surface area contributed by atoms with Crippen LogP contribution in [0.1, 0.15) is 30.9 Å². The summed E-state index contributed by atoms with van der Waals surface area (Å²) in [6.07, 6.45) is -4.68. The summed E-state index contributed by atoms with van der Waals surface area (Å²) in [5.74, 6) is -0.996. The second kappa shape index (κ2) is 5.27. The number of hydrogen-bond acceptors (Lipinski definition) is 0. The summed E-state index contributed by atoms with van der Waals surface area (Å²) in [5, 5.41) is 0. The molecule has 0 spiro atoms. The van der Waals surface area contributed by atoms with Crippen molar-refractivity contribution >= 4 is 0 Å². The van der Waals surface area contributed by atoms with E-state index in [1.165, 1.54) is 12.1 Å². The first-order valence-electron chi connectivity index (χ1n) is 6.26. The normalized spacial score (nSPS) is 11.9. The lowest BCUT2D eigenvalue weighted by Crippen LogP contribution is -2.08. The maximum atomic E-state index is 14.1. The molecule has 0 radical (unpaired) electrons. The lowest BCUT2D eigenvalue weighted by molar-refractivity contribution is -0.139. The van der Waals surface area contributed by atoms with Crippen LogP contribution < -0.4 is 0 Å². The monoisotopic (exact) mass is 282 g/mol. The maximum Gasteiger partial charge on any atom is 0.419 e. The Bertz CT molecular complexity index is 612. The van der Waals surface area contributed by atoms with Crippen LogP contribution in [0.15, 0.2) is 42.5 Å². The van der Waals surface area contributed by atoms with Gasteiger partial charge in [0, 0.05) is 5.56 Å². The minimum atomic E-state index is -4.68. The van der Waals surface area contributed by atoms with E-state index in [-0.39, 0.29) is 11.5 Å². The molecule has 0 aliphatic rings. The van der Waals surface area contributed by atoms with Gasteiger partial charge in [-0.25, -0.2) is 4.39 Å². The van der Waals surface area contributed by atoms with Gasteiger partial charge < -0.3 is 0 Å². The second-order valence-corrected chi connectivity index (χ2v) is 4.95. The van der Waals surface area contributed by atoms with Crippen molar-refractivity contribution in [3.63, 3.8) is 0 Å². The van der Waals surface area contributed by atoms with E-state index in [0.717, 1.165) is 11.6 Å². The third-order valence-corrected chi connectivity index (χ3v) is 3.17. The van der Waals surface area contributed by atoms with Gasteiger partial charge in [-0.05, 0) is 23.1 Å². The standard InChI is InChI=1S/C16H14F4/c1-10(2)11-5-3-6-12(9-11)13-7-4-8-14(15(13)17)16(18,19)20/h3-10H,1-2H3. The lowest BCUT2D eigenvalue weighted by atomic mass is 9.96. The summed E-state index contributed by atoms with van der Waals surface area (Å²) < 4.78 is 52.2. The lowest BCUT2D eigenvalue weighted by Gasteiger charge is -2.13. The van der Waals surface area contributed by atoms with Crippen molar-refractivity contribution in [3.05, 3.63) is 59.4 Å². The average Bonchev–Trinajstić information content (AvgIpc) is 2.37. The van der Waals surface area contributed by atoms with E-state index in [1.807, 2.05) is 19.9 Å². The summed E-state index contributed by atoms with van der Waals surface area (Å²) in [6, 6.07) is 10.3. The molecule has 2 aromatic carbocycles. The van der Waals surface area contributed by atoms with Crippen LogP contribution in [0.3, 0.4) is 0 Å². The van der Waals surface area contributed by atoms with Gasteiger partial charge in [-0.2, -0.15) is 13.2 Å². The molecule has 2 aromatic rings. The zero-order valence-corrected chi connectivity index (χ0v) is 11.1. The number of halogens is 4. The molecule has 0 fully saturated rings. The SMILES string of the molecule is CC(C)c1cccc(-c2cccc(C(F)(F)F)c2F)c1. The molecule has 4 heteroatoms. The zero-order chi connectivity index (χ0) is 14.9. The second-order valence-electron chi connectivity index (χ2n) is 4.95. The van der Waals surface area contributed by atoms with E-state index in [9.17, 15) is 17.6 Å². The third-order valence-electron chi connectivity index (χ3n) is 3.17. The first kappa shape index (κ1) is 14.6. The van der Waals surface area contributed by atoms with Crippen LogP contribution in [0.2, 0.25) is 0 Å². The van der Waals surface area contributed by atoms with Gasteiger partial charge in [-0.1, -0.05) is 50.2 Å². The Labute approximate surface area is 115 Å². The zero-order valence-electron chi connectivity index (χ0n) is 11.1. The molecule has 0 nitrogen and oxygen atoms in total. The van der Waals surface area contributed by atoms with Crippen LogP contribution in [-0.2, 0) is 6.18 Å². The highest BCUT2D eigenvalue weighted by Crippen LogP contribution is 2.35. The predicted octanol–water partition coefficient (Wildman–Crippen LogP) is 5.63. The van der Waals surface area contributed by atoms with Gasteiger partial charge in [0.05, 0.1) is 5.56 Å². The van der Waals surface area contributed by atoms with Crippen molar-refractivity contribution in [2.75, 3.05) is 0 Å². The van der Waals surface area contributed by atoms with Crippen LogP contribution >= 0.6 is 0 Å². The fourth-order valence-electron chi connectivity index (χ4n) is 2.04. The van der Waals surface area contributed by atoms with Crippen molar-refractivity contribution in [2.45, 2.75) is 25.9 Å². The quantitative estimate of drug-likeness (QED) is 0.626. The molecular weight excluding hydrogens is 268 g/mol. The molecule has 0 heterocycles. The third kappa shape index (κ3) is 2.84. The Kier molecular flexibility index (Phi) is 3.84. The molecule has 0 unspecified atom stereocenters. The fourth-order valence-corrected chi connectivity index (χ4v) is 2.04. The van der Waals surface area contributed by atoms with Gasteiger partial charge in [0.15, 0.2) is 0 Å². The summed E-state index contributed by atoms with van der Waals surface area (Å²) in [4.78, 5) is 0. The van der Waals surface area contributed by atoms with E-state index in [1.54, 1.807) is 18.2 Å².